The highest BCUT2D eigenvalue weighted by atomic mass is 16.4. The molecule has 5 heteroatoms. The number of oxime groups is 1. The Kier molecular flexibility index (Phi) is 4.51. The van der Waals surface area contributed by atoms with Crippen molar-refractivity contribution in [2.45, 2.75) is 52.1 Å². The Morgan fingerprint density at radius 3 is 2.35 bits per heavy atom. The lowest BCUT2D eigenvalue weighted by Gasteiger charge is -2.33. The molecule has 0 bridgehead atoms. The van der Waals surface area contributed by atoms with Crippen molar-refractivity contribution in [2.75, 3.05) is 13.1 Å². The van der Waals surface area contributed by atoms with Crippen LogP contribution in [0.1, 0.15) is 40.5 Å². The summed E-state index contributed by atoms with van der Waals surface area (Å²) in [5, 5.41) is 14.9. The van der Waals surface area contributed by atoms with Gasteiger partial charge in [-0.3, -0.25) is 9.69 Å². The number of nitrogens with zero attached hydrogens (tertiary/aromatic N) is 2. The lowest BCUT2D eigenvalue weighted by Crippen LogP contribution is -2.52. The van der Waals surface area contributed by atoms with Crippen molar-refractivity contribution in [1.82, 2.24) is 10.2 Å². The summed E-state index contributed by atoms with van der Waals surface area (Å²) in [5.74, 6) is 0.0573. The molecule has 1 unspecified atom stereocenters. The smallest absolute Gasteiger partial charge is 0.237 e. The van der Waals surface area contributed by atoms with Gasteiger partial charge in [0.05, 0.1) is 11.8 Å². The SMILES string of the molecule is CC(C(=O)NC(C)(C)C)N1CCC(=NO)CC1. The normalized spacial score (nSPS) is 19.9. The molecule has 0 aromatic heterocycles. The fourth-order valence-electron chi connectivity index (χ4n) is 1.91. The molecule has 98 valence electrons. The van der Waals surface area contributed by atoms with Gasteiger partial charge in [-0.05, 0) is 27.7 Å². The topological polar surface area (TPSA) is 64.9 Å². The van der Waals surface area contributed by atoms with Crippen LogP contribution in [0.3, 0.4) is 0 Å². The minimum Gasteiger partial charge on any atom is -0.411 e. The summed E-state index contributed by atoms with van der Waals surface area (Å²) < 4.78 is 0. The predicted octanol–water partition coefficient (Wildman–Crippen LogP) is 1.22. The van der Waals surface area contributed by atoms with Gasteiger partial charge >= 0.3 is 0 Å². The third-order valence-corrected chi connectivity index (χ3v) is 2.94. The Labute approximate surface area is 103 Å². The van der Waals surface area contributed by atoms with Gasteiger partial charge in [0.1, 0.15) is 0 Å². The number of hydrogen-bond acceptors (Lipinski definition) is 4. The van der Waals surface area contributed by atoms with E-state index in [4.69, 9.17) is 5.21 Å². The van der Waals surface area contributed by atoms with E-state index >= 15 is 0 Å². The second-order valence-corrected chi connectivity index (χ2v) is 5.62. The molecule has 0 aliphatic carbocycles. The molecule has 0 aromatic carbocycles. The highest BCUT2D eigenvalue weighted by Crippen LogP contribution is 2.12. The Bertz CT molecular complexity index is 297. The van der Waals surface area contributed by atoms with E-state index in [0.29, 0.717) is 0 Å². The molecule has 1 fully saturated rings. The number of hydrogen-bond donors (Lipinski definition) is 2. The molecule has 1 heterocycles. The van der Waals surface area contributed by atoms with Crippen LogP contribution in [-0.2, 0) is 4.79 Å². The van der Waals surface area contributed by atoms with E-state index in [9.17, 15) is 4.79 Å². The molecule has 1 rings (SSSR count). The van der Waals surface area contributed by atoms with Crippen LogP contribution in [0.2, 0.25) is 0 Å². The molecule has 0 radical (unpaired) electrons. The molecular formula is C12H23N3O2. The zero-order chi connectivity index (χ0) is 13.1. The zero-order valence-electron chi connectivity index (χ0n) is 11.2. The summed E-state index contributed by atoms with van der Waals surface area (Å²) in [6.07, 6.45) is 1.48. The maximum absolute atomic E-state index is 12.0. The fraction of sp³-hybridized carbons (Fsp3) is 0.833. The van der Waals surface area contributed by atoms with Crippen molar-refractivity contribution in [3.05, 3.63) is 0 Å². The predicted molar refractivity (Wildman–Crippen MR) is 67.4 cm³/mol. The van der Waals surface area contributed by atoms with Gasteiger partial charge in [0, 0.05) is 31.5 Å². The third kappa shape index (κ3) is 4.34. The van der Waals surface area contributed by atoms with Gasteiger partial charge in [-0.1, -0.05) is 5.16 Å². The second-order valence-electron chi connectivity index (χ2n) is 5.62. The number of likely N-dealkylation sites (tertiary alicyclic amines) is 1. The summed E-state index contributed by atoms with van der Waals surface area (Å²) in [4.78, 5) is 14.1. The number of piperidine rings is 1. The van der Waals surface area contributed by atoms with Gasteiger partial charge in [0.15, 0.2) is 0 Å². The number of amides is 1. The largest absolute Gasteiger partial charge is 0.411 e. The van der Waals surface area contributed by atoms with E-state index in [1.807, 2.05) is 27.7 Å². The van der Waals surface area contributed by atoms with E-state index < -0.39 is 0 Å². The van der Waals surface area contributed by atoms with Crippen LogP contribution in [0, 0.1) is 0 Å². The highest BCUT2D eigenvalue weighted by Gasteiger charge is 2.26. The zero-order valence-corrected chi connectivity index (χ0v) is 11.2. The Hall–Kier alpha value is -1.10. The van der Waals surface area contributed by atoms with Crippen LogP contribution in [0.15, 0.2) is 5.16 Å². The van der Waals surface area contributed by atoms with Gasteiger partial charge in [-0.2, -0.15) is 0 Å². The molecule has 5 nitrogen and oxygen atoms in total. The van der Waals surface area contributed by atoms with E-state index in [-0.39, 0.29) is 17.5 Å². The van der Waals surface area contributed by atoms with Crippen LogP contribution >= 0.6 is 0 Å². The van der Waals surface area contributed by atoms with Crippen LogP contribution < -0.4 is 5.32 Å². The number of carbonyl (C=O) groups is 1. The maximum atomic E-state index is 12.0. The van der Waals surface area contributed by atoms with E-state index in [1.54, 1.807) is 0 Å². The van der Waals surface area contributed by atoms with Gasteiger partial charge in [-0.15, -0.1) is 0 Å². The van der Waals surface area contributed by atoms with Gasteiger partial charge in [-0.25, -0.2) is 0 Å². The van der Waals surface area contributed by atoms with Gasteiger partial charge in [0.2, 0.25) is 5.91 Å². The first kappa shape index (κ1) is 14.0. The number of carbonyl (C=O) groups excluding carboxylic acids is 1. The molecule has 0 spiro atoms. The third-order valence-electron chi connectivity index (χ3n) is 2.94. The summed E-state index contributed by atoms with van der Waals surface area (Å²) in [7, 11) is 0. The molecule has 1 saturated heterocycles. The van der Waals surface area contributed by atoms with Crippen molar-refractivity contribution in [2.24, 2.45) is 5.16 Å². The summed E-state index contributed by atoms with van der Waals surface area (Å²) in [6, 6.07) is -0.130. The molecule has 0 saturated carbocycles. The van der Waals surface area contributed by atoms with Crippen molar-refractivity contribution < 1.29 is 10.0 Å². The maximum Gasteiger partial charge on any atom is 0.237 e. The average Bonchev–Trinajstić information content (AvgIpc) is 2.26. The molecule has 1 aliphatic heterocycles. The Morgan fingerprint density at radius 1 is 1.41 bits per heavy atom. The molecule has 2 N–H and O–H groups in total. The molecule has 0 aromatic rings. The Balaban J connectivity index is 2.48. The average molecular weight is 241 g/mol. The van der Waals surface area contributed by atoms with E-state index in [0.717, 1.165) is 31.6 Å². The van der Waals surface area contributed by atoms with Crippen LogP contribution in [0.25, 0.3) is 0 Å². The minimum absolute atomic E-state index is 0.0573. The van der Waals surface area contributed by atoms with E-state index in [2.05, 4.69) is 15.4 Å². The van der Waals surface area contributed by atoms with Crippen LogP contribution in [0.5, 0.6) is 0 Å². The lowest BCUT2D eigenvalue weighted by atomic mass is 10.0. The molecular weight excluding hydrogens is 218 g/mol. The molecule has 1 aliphatic rings. The first-order valence-electron chi connectivity index (χ1n) is 6.09. The first-order valence-corrected chi connectivity index (χ1v) is 6.09. The van der Waals surface area contributed by atoms with Crippen LogP contribution in [-0.4, -0.2) is 46.4 Å². The molecule has 17 heavy (non-hydrogen) atoms. The van der Waals surface area contributed by atoms with Crippen LogP contribution in [0.4, 0.5) is 0 Å². The van der Waals surface area contributed by atoms with Crippen molar-refractivity contribution in [1.29, 1.82) is 0 Å². The minimum atomic E-state index is -0.196. The van der Waals surface area contributed by atoms with Gasteiger partial charge < -0.3 is 10.5 Å². The first-order chi connectivity index (χ1) is 7.83. The van der Waals surface area contributed by atoms with Gasteiger partial charge in [0.25, 0.3) is 0 Å². The quantitative estimate of drug-likeness (QED) is 0.564. The summed E-state index contributed by atoms with van der Waals surface area (Å²) in [5.41, 5.74) is 0.628. The lowest BCUT2D eigenvalue weighted by molar-refractivity contribution is -0.127. The monoisotopic (exact) mass is 241 g/mol. The number of rotatable bonds is 2. The Morgan fingerprint density at radius 2 is 1.94 bits per heavy atom. The van der Waals surface area contributed by atoms with Crippen molar-refractivity contribution in [3.63, 3.8) is 0 Å². The summed E-state index contributed by atoms with van der Waals surface area (Å²) >= 11 is 0. The fourth-order valence-corrected chi connectivity index (χ4v) is 1.91. The molecule has 1 atom stereocenters. The molecule has 1 amide bonds. The highest BCUT2D eigenvalue weighted by molar-refractivity contribution is 5.86. The van der Waals surface area contributed by atoms with Crippen molar-refractivity contribution >= 4 is 11.6 Å². The standard InChI is InChI=1S/C12H23N3O2/c1-9(11(16)13-12(2,3)4)15-7-5-10(14-17)6-8-15/h9,17H,5-8H2,1-4H3,(H,13,16). The van der Waals surface area contributed by atoms with Crippen molar-refractivity contribution in [3.8, 4) is 0 Å². The second kappa shape index (κ2) is 5.49. The van der Waals surface area contributed by atoms with E-state index in [1.165, 1.54) is 0 Å². The summed E-state index contributed by atoms with van der Waals surface area (Å²) in [6.45, 7) is 9.40. The number of nitrogens with one attached hydrogen (secondary N) is 1.